The zero-order valence-electron chi connectivity index (χ0n) is 12.8. The molecule has 1 saturated carbocycles. The molecule has 2 heteroatoms. The molecule has 2 aliphatic rings. The molecule has 0 amide bonds. The monoisotopic (exact) mass is 283 g/mol. The van der Waals surface area contributed by atoms with Gasteiger partial charge in [-0.2, -0.15) is 0 Å². The summed E-state index contributed by atoms with van der Waals surface area (Å²) in [6, 6.07) is 10.7. The van der Waals surface area contributed by atoms with Crippen LogP contribution >= 0.6 is 0 Å². The minimum atomic E-state index is 0.472. The van der Waals surface area contributed by atoms with Crippen molar-refractivity contribution in [2.75, 3.05) is 19.6 Å². The molecule has 0 aromatic heterocycles. The van der Waals surface area contributed by atoms with E-state index >= 15 is 0 Å². The Morgan fingerprint density at radius 1 is 1.05 bits per heavy atom. The van der Waals surface area contributed by atoms with E-state index in [0.29, 0.717) is 5.78 Å². The highest BCUT2D eigenvalue weighted by molar-refractivity contribution is 5.79. The predicted octanol–water partition coefficient (Wildman–Crippen LogP) is 3.93. The molecule has 0 radical (unpaired) electrons. The topological polar surface area (TPSA) is 20.3 Å². The van der Waals surface area contributed by atoms with Gasteiger partial charge in [0.1, 0.15) is 5.78 Å². The summed E-state index contributed by atoms with van der Waals surface area (Å²) in [5.41, 5.74) is 2.87. The van der Waals surface area contributed by atoms with Crippen molar-refractivity contribution in [2.45, 2.75) is 38.5 Å². The van der Waals surface area contributed by atoms with Gasteiger partial charge in [0, 0.05) is 25.9 Å². The van der Waals surface area contributed by atoms with Gasteiger partial charge in [0.2, 0.25) is 0 Å². The third kappa shape index (κ3) is 4.04. The standard InChI is InChI=1S/C19H25NO/c21-19-8-6-16(7-9-19)10-13-20-14-11-18(12-15-20)17-4-2-1-3-5-17/h1-5,11,16H,6-10,12-15H2. The number of Topliss-reactive ketones (excluding diaryl/α,β-unsaturated/α-hetero) is 1. The van der Waals surface area contributed by atoms with Crippen LogP contribution in [-0.4, -0.2) is 30.3 Å². The Hall–Kier alpha value is -1.41. The van der Waals surface area contributed by atoms with Crippen LogP contribution < -0.4 is 0 Å². The normalized spacial score (nSPS) is 21.3. The maximum atomic E-state index is 11.3. The number of ketones is 1. The molecule has 1 aromatic rings. The largest absolute Gasteiger partial charge is 0.300 e. The van der Waals surface area contributed by atoms with E-state index in [2.05, 4.69) is 41.3 Å². The zero-order chi connectivity index (χ0) is 14.5. The van der Waals surface area contributed by atoms with Crippen LogP contribution in [0.5, 0.6) is 0 Å². The van der Waals surface area contributed by atoms with Crippen LogP contribution in [0, 0.1) is 5.92 Å². The molecule has 1 fully saturated rings. The second-order valence-corrected chi connectivity index (χ2v) is 6.42. The fourth-order valence-corrected chi connectivity index (χ4v) is 3.48. The second-order valence-electron chi connectivity index (χ2n) is 6.42. The third-order valence-corrected chi connectivity index (χ3v) is 4.95. The van der Waals surface area contributed by atoms with Crippen molar-refractivity contribution in [1.82, 2.24) is 4.90 Å². The van der Waals surface area contributed by atoms with Gasteiger partial charge in [-0.1, -0.05) is 36.4 Å². The quantitative estimate of drug-likeness (QED) is 0.834. The van der Waals surface area contributed by atoms with Crippen LogP contribution in [0.25, 0.3) is 5.57 Å². The Morgan fingerprint density at radius 3 is 2.48 bits per heavy atom. The molecule has 0 spiro atoms. The highest BCUT2D eigenvalue weighted by atomic mass is 16.1. The van der Waals surface area contributed by atoms with Gasteiger partial charge < -0.3 is 0 Å². The van der Waals surface area contributed by atoms with Gasteiger partial charge >= 0.3 is 0 Å². The van der Waals surface area contributed by atoms with Crippen molar-refractivity contribution in [3.8, 4) is 0 Å². The van der Waals surface area contributed by atoms with Gasteiger partial charge in [-0.25, -0.2) is 0 Å². The van der Waals surface area contributed by atoms with Crippen LogP contribution in [0.15, 0.2) is 36.4 Å². The van der Waals surface area contributed by atoms with Crippen molar-refractivity contribution in [2.24, 2.45) is 5.92 Å². The number of nitrogens with zero attached hydrogens (tertiary/aromatic N) is 1. The second kappa shape index (κ2) is 7.04. The smallest absolute Gasteiger partial charge is 0.132 e. The van der Waals surface area contributed by atoms with Crippen LogP contribution in [0.1, 0.15) is 44.1 Å². The first-order valence-corrected chi connectivity index (χ1v) is 8.30. The van der Waals surface area contributed by atoms with Crippen molar-refractivity contribution in [3.63, 3.8) is 0 Å². The highest BCUT2D eigenvalue weighted by Gasteiger charge is 2.20. The van der Waals surface area contributed by atoms with E-state index in [0.717, 1.165) is 44.6 Å². The van der Waals surface area contributed by atoms with E-state index in [9.17, 15) is 4.79 Å². The predicted molar refractivity (Wildman–Crippen MR) is 87.1 cm³/mol. The van der Waals surface area contributed by atoms with Crippen molar-refractivity contribution in [3.05, 3.63) is 42.0 Å². The fraction of sp³-hybridized carbons (Fsp3) is 0.526. The maximum absolute atomic E-state index is 11.3. The minimum absolute atomic E-state index is 0.472. The molecular weight excluding hydrogens is 258 g/mol. The molecule has 1 aliphatic heterocycles. The average molecular weight is 283 g/mol. The Kier molecular flexibility index (Phi) is 4.87. The lowest BCUT2D eigenvalue weighted by molar-refractivity contribution is -0.121. The van der Waals surface area contributed by atoms with E-state index < -0.39 is 0 Å². The lowest BCUT2D eigenvalue weighted by Gasteiger charge is -2.29. The van der Waals surface area contributed by atoms with Gasteiger partial charge in [-0.15, -0.1) is 0 Å². The summed E-state index contributed by atoms with van der Waals surface area (Å²) in [7, 11) is 0. The number of carbonyl (C=O) groups is 1. The number of carbonyl (C=O) groups excluding carboxylic acids is 1. The first-order chi connectivity index (χ1) is 10.3. The van der Waals surface area contributed by atoms with Crippen LogP contribution in [-0.2, 0) is 4.79 Å². The maximum Gasteiger partial charge on any atom is 0.132 e. The Labute approximate surface area is 127 Å². The molecule has 2 nitrogen and oxygen atoms in total. The van der Waals surface area contributed by atoms with Gasteiger partial charge in [-0.05, 0) is 49.3 Å². The third-order valence-electron chi connectivity index (χ3n) is 4.95. The molecule has 1 heterocycles. The Balaban J connectivity index is 1.45. The number of hydrogen-bond donors (Lipinski definition) is 0. The van der Waals surface area contributed by atoms with Crippen molar-refractivity contribution >= 4 is 11.4 Å². The highest BCUT2D eigenvalue weighted by Crippen LogP contribution is 2.26. The lowest BCUT2D eigenvalue weighted by Crippen LogP contribution is -2.31. The summed E-state index contributed by atoms with van der Waals surface area (Å²) in [5, 5.41) is 0. The van der Waals surface area contributed by atoms with E-state index in [-0.39, 0.29) is 0 Å². The SMILES string of the molecule is O=C1CCC(CCN2CC=C(c3ccccc3)CC2)CC1. The van der Waals surface area contributed by atoms with E-state index in [1.165, 1.54) is 30.6 Å². The van der Waals surface area contributed by atoms with Gasteiger partial charge in [0.05, 0.1) is 0 Å². The molecule has 0 saturated heterocycles. The summed E-state index contributed by atoms with van der Waals surface area (Å²) in [4.78, 5) is 13.8. The molecule has 0 unspecified atom stereocenters. The number of rotatable bonds is 4. The summed E-state index contributed by atoms with van der Waals surface area (Å²) >= 11 is 0. The van der Waals surface area contributed by atoms with Gasteiger partial charge in [0.15, 0.2) is 0 Å². The molecule has 0 N–H and O–H groups in total. The fourth-order valence-electron chi connectivity index (χ4n) is 3.48. The van der Waals surface area contributed by atoms with E-state index in [4.69, 9.17) is 0 Å². The molecule has 1 aromatic carbocycles. The van der Waals surface area contributed by atoms with Crippen molar-refractivity contribution in [1.29, 1.82) is 0 Å². The zero-order valence-corrected chi connectivity index (χ0v) is 12.8. The molecular formula is C19H25NO. The van der Waals surface area contributed by atoms with Gasteiger partial charge in [-0.3, -0.25) is 9.69 Å². The lowest BCUT2D eigenvalue weighted by atomic mass is 9.86. The van der Waals surface area contributed by atoms with Crippen LogP contribution in [0.3, 0.4) is 0 Å². The average Bonchev–Trinajstić information content (AvgIpc) is 2.56. The summed E-state index contributed by atoms with van der Waals surface area (Å²) < 4.78 is 0. The molecule has 0 bridgehead atoms. The summed E-state index contributed by atoms with van der Waals surface area (Å²) in [5.74, 6) is 1.25. The minimum Gasteiger partial charge on any atom is -0.300 e. The van der Waals surface area contributed by atoms with E-state index in [1.807, 2.05) is 0 Å². The van der Waals surface area contributed by atoms with Crippen LogP contribution in [0.4, 0.5) is 0 Å². The first-order valence-electron chi connectivity index (χ1n) is 8.30. The Bertz CT molecular complexity index is 496. The van der Waals surface area contributed by atoms with Crippen molar-refractivity contribution < 1.29 is 4.79 Å². The summed E-state index contributed by atoms with van der Waals surface area (Å²) in [6.45, 7) is 3.44. The Morgan fingerprint density at radius 2 is 1.81 bits per heavy atom. The molecule has 3 rings (SSSR count). The number of benzene rings is 1. The van der Waals surface area contributed by atoms with Crippen LogP contribution in [0.2, 0.25) is 0 Å². The molecule has 1 aliphatic carbocycles. The van der Waals surface area contributed by atoms with Gasteiger partial charge in [0.25, 0.3) is 0 Å². The molecule has 21 heavy (non-hydrogen) atoms. The first kappa shape index (κ1) is 14.5. The number of hydrogen-bond acceptors (Lipinski definition) is 2. The molecule has 112 valence electrons. The summed E-state index contributed by atoms with van der Waals surface area (Å²) in [6.07, 6.45) is 8.71. The molecule has 0 atom stereocenters. The van der Waals surface area contributed by atoms with E-state index in [1.54, 1.807) is 0 Å².